The van der Waals surface area contributed by atoms with Crippen LogP contribution >= 0.6 is 11.8 Å². The van der Waals surface area contributed by atoms with Gasteiger partial charge in [-0.2, -0.15) is 0 Å². The van der Waals surface area contributed by atoms with E-state index in [0.717, 1.165) is 5.56 Å². The van der Waals surface area contributed by atoms with Crippen LogP contribution in [-0.2, 0) is 16.0 Å². The van der Waals surface area contributed by atoms with E-state index in [-0.39, 0.29) is 0 Å². The highest BCUT2D eigenvalue weighted by atomic mass is 32.2. The molecule has 1 N–H and O–H groups in total. The average Bonchev–Trinajstić information content (AvgIpc) is 2.98. The van der Waals surface area contributed by atoms with Crippen molar-refractivity contribution in [1.82, 2.24) is 20.2 Å². The van der Waals surface area contributed by atoms with E-state index in [4.69, 9.17) is 9.47 Å². The van der Waals surface area contributed by atoms with Crippen LogP contribution in [0.5, 0.6) is 0 Å². The Hall–Kier alpha value is -1.48. The lowest BCUT2D eigenvalue weighted by Crippen LogP contribution is -2.22. The summed E-state index contributed by atoms with van der Waals surface area (Å²) in [6, 6.07) is 9.49. The van der Waals surface area contributed by atoms with Gasteiger partial charge in [0.25, 0.3) is 0 Å². The van der Waals surface area contributed by atoms with Crippen LogP contribution in [0.3, 0.4) is 0 Å². The number of ether oxygens (including phenoxy) is 2. The molecule has 0 saturated carbocycles. The van der Waals surface area contributed by atoms with Crippen LogP contribution in [0, 0.1) is 0 Å². The summed E-state index contributed by atoms with van der Waals surface area (Å²) >= 11 is 1.39. The average molecular weight is 310 g/mol. The molecule has 0 amide bonds. The first kappa shape index (κ1) is 15.9. The number of tetrazole rings is 1. The quantitative estimate of drug-likeness (QED) is 0.578. The van der Waals surface area contributed by atoms with Gasteiger partial charge in [0.1, 0.15) is 0 Å². The van der Waals surface area contributed by atoms with Crippen molar-refractivity contribution in [3.05, 3.63) is 35.9 Å². The fourth-order valence-electron chi connectivity index (χ4n) is 1.73. The molecule has 1 aromatic carbocycles. The highest BCUT2D eigenvalue weighted by Crippen LogP contribution is 2.22. The van der Waals surface area contributed by atoms with Gasteiger partial charge >= 0.3 is 0 Å². The van der Waals surface area contributed by atoms with E-state index in [2.05, 4.69) is 15.5 Å². The molecule has 2 aromatic rings. The van der Waals surface area contributed by atoms with Crippen molar-refractivity contribution in [2.45, 2.75) is 24.1 Å². The number of nitrogens with zero attached hydrogens (tertiary/aromatic N) is 4. The molecular formula is C13H18N4O3S. The summed E-state index contributed by atoms with van der Waals surface area (Å²) in [4.78, 5) is 0. The molecule has 1 heterocycles. The first-order chi connectivity index (χ1) is 10.2. The minimum Gasteiger partial charge on any atom is -0.388 e. The molecule has 0 aliphatic heterocycles. The number of thioether (sulfide) groups is 1. The number of aliphatic hydroxyl groups is 1. The molecule has 0 bridgehead atoms. The molecule has 1 aromatic heterocycles. The second kappa shape index (κ2) is 8.08. The van der Waals surface area contributed by atoms with Crippen molar-refractivity contribution < 1.29 is 14.6 Å². The van der Waals surface area contributed by atoms with E-state index >= 15 is 0 Å². The van der Waals surface area contributed by atoms with Gasteiger partial charge in [0.15, 0.2) is 6.29 Å². The highest BCUT2D eigenvalue weighted by Gasteiger charge is 2.15. The predicted octanol–water partition coefficient (Wildman–Crippen LogP) is 1.12. The maximum absolute atomic E-state index is 10.1. The molecule has 8 heteroatoms. The summed E-state index contributed by atoms with van der Waals surface area (Å²) in [5.41, 5.74) is 0.871. The van der Waals surface area contributed by atoms with Crippen molar-refractivity contribution in [1.29, 1.82) is 0 Å². The van der Waals surface area contributed by atoms with Crippen molar-refractivity contribution in [3.63, 3.8) is 0 Å². The van der Waals surface area contributed by atoms with Crippen LogP contribution in [0.4, 0.5) is 0 Å². The Bertz CT molecular complexity index is 533. The fraction of sp³-hybridized carbons (Fsp3) is 0.462. The molecule has 7 nitrogen and oxygen atoms in total. The number of aromatic nitrogens is 4. The molecule has 2 rings (SSSR count). The van der Waals surface area contributed by atoms with Crippen LogP contribution in [0.1, 0.15) is 11.7 Å². The van der Waals surface area contributed by atoms with Gasteiger partial charge in [0, 0.05) is 20.0 Å². The normalized spacial score (nSPS) is 12.8. The third kappa shape index (κ3) is 4.50. The van der Waals surface area contributed by atoms with Gasteiger partial charge in [-0.3, -0.25) is 0 Å². The summed E-state index contributed by atoms with van der Waals surface area (Å²) in [6.07, 6.45) is -0.978. The van der Waals surface area contributed by atoms with Gasteiger partial charge in [-0.1, -0.05) is 42.1 Å². The molecular weight excluding hydrogens is 292 g/mol. The maximum Gasteiger partial charge on any atom is 0.209 e. The first-order valence-electron chi connectivity index (χ1n) is 6.42. The molecule has 0 aliphatic carbocycles. The third-order valence-corrected chi connectivity index (χ3v) is 3.93. The summed E-state index contributed by atoms with van der Waals surface area (Å²) in [5.74, 6) is 0.467. The SMILES string of the molecule is COC(Cn1nnnc1SCC(O)c1ccccc1)OC. The Labute approximate surface area is 127 Å². The monoisotopic (exact) mass is 310 g/mol. The number of methoxy groups -OCH3 is 2. The zero-order valence-electron chi connectivity index (χ0n) is 11.9. The Morgan fingerprint density at radius 1 is 1.24 bits per heavy atom. The van der Waals surface area contributed by atoms with Gasteiger partial charge < -0.3 is 14.6 Å². The lowest BCUT2D eigenvalue weighted by molar-refractivity contribution is -0.113. The zero-order chi connectivity index (χ0) is 15.1. The van der Waals surface area contributed by atoms with E-state index in [1.54, 1.807) is 18.9 Å². The van der Waals surface area contributed by atoms with Crippen molar-refractivity contribution in [2.24, 2.45) is 0 Å². The summed E-state index contributed by atoms with van der Waals surface area (Å²) in [6.45, 7) is 0.393. The Morgan fingerprint density at radius 3 is 2.62 bits per heavy atom. The molecule has 0 saturated heterocycles. The van der Waals surface area contributed by atoms with Gasteiger partial charge in [-0.25, -0.2) is 4.68 Å². The van der Waals surface area contributed by atoms with Crippen LogP contribution < -0.4 is 0 Å². The highest BCUT2D eigenvalue weighted by molar-refractivity contribution is 7.99. The number of benzene rings is 1. The molecule has 21 heavy (non-hydrogen) atoms. The summed E-state index contributed by atoms with van der Waals surface area (Å²) in [7, 11) is 3.12. The van der Waals surface area contributed by atoms with Crippen molar-refractivity contribution in [2.75, 3.05) is 20.0 Å². The standard InChI is InChI=1S/C13H18N4O3S/c1-19-12(20-2)8-17-13(14-15-16-17)21-9-11(18)10-6-4-3-5-7-10/h3-7,11-12,18H,8-9H2,1-2H3. The lowest BCUT2D eigenvalue weighted by Gasteiger charge is -2.14. The molecule has 0 aliphatic rings. The molecule has 0 radical (unpaired) electrons. The lowest BCUT2D eigenvalue weighted by atomic mass is 10.1. The maximum atomic E-state index is 10.1. The molecule has 0 fully saturated rings. The van der Waals surface area contributed by atoms with Gasteiger partial charge in [0.2, 0.25) is 5.16 Å². The topological polar surface area (TPSA) is 82.3 Å². The van der Waals surface area contributed by atoms with E-state index in [1.807, 2.05) is 30.3 Å². The first-order valence-corrected chi connectivity index (χ1v) is 7.40. The number of hydrogen-bond donors (Lipinski definition) is 1. The summed E-state index contributed by atoms with van der Waals surface area (Å²) < 4.78 is 11.8. The third-order valence-electron chi connectivity index (χ3n) is 2.90. The van der Waals surface area contributed by atoms with Crippen molar-refractivity contribution >= 4 is 11.8 Å². The number of hydrogen-bond acceptors (Lipinski definition) is 7. The Morgan fingerprint density at radius 2 is 1.95 bits per heavy atom. The van der Waals surface area contributed by atoms with E-state index in [9.17, 15) is 5.11 Å². The second-order valence-electron chi connectivity index (χ2n) is 4.28. The van der Waals surface area contributed by atoms with Crippen LogP contribution in [0.2, 0.25) is 0 Å². The van der Waals surface area contributed by atoms with Crippen LogP contribution in [0.25, 0.3) is 0 Å². The smallest absolute Gasteiger partial charge is 0.209 e. The fourth-order valence-corrected chi connectivity index (χ4v) is 2.58. The largest absolute Gasteiger partial charge is 0.388 e. The zero-order valence-corrected chi connectivity index (χ0v) is 12.7. The Kier molecular flexibility index (Phi) is 6.12. The second-order valence-corrected chi connectivity index (χ2v) is 5.27. The van der Waals surface area contributed by atoms with Crippen LogP contribution in [-0.4, -0.2) is 51.6 Å². The van der Waals surface area contributed by atoms with Gasteiger partial charge in [-0.05, 0) is 16.0 Å². The molecule has 1 unspecified atom stereocenters. The number of aliphatic hydroxyl groups excluding tert-OH is 1. The minimum absolute atomic E-state index is 0.393. The van der Waals surface area contributed by atoms with Gasteiger partial charge in [-0.15, -0.1) is 5.10 Å². The van der Waals surface area contributed by atoms with Gasteiger partial charge in [0.05, 0.1) is 12.6 Å². The molecule has 114 valence electrons. The molecule has 1 atom stereocenters. The van der Waals surface area contributed by atoms with Crippen molar-refractivity contribution in [3.8, 4) is 0 Å². The number of rotatable bonds is 8. The van der Waals surface area contributed by atoms with E-state index in [1.165, 1.54) is 11.8 Å². The Balaban J connectivity index is 1.93. The predicted molar refractivity (Wildman–Crippen MR) is 77.7 cm³/mol. The minimum atomic E-state index is -0.568. The molecule has 0 spiro atoms. The van der Waals surface area contributed by atoms with Crippen LogP contribution in [0.15, 0.2) is 35.5 Å². The summed E-state index contributed by atoms with van der Waals surface area (Å²) in [5, 5.41) is 22.2. The van der Waals surface area contributed by atoms with E-state index in [0.29, 0.717) is 17.5 Å². The van der Waals surface area contributed by atoms with E-state index < -0.39 is 12.4 Å².